The van der Waals surface area contributed by atoms with Crippen molar-refractivity contribution in [2.24, 2.45) is 5.92 Å². The quantitative estimate of drug-likeness (QED) is 0.775. The average molecular weight is 381 g/mol. The van der Waals surface area contributed by atoms with E-state index < -0.39 is 0 Å². The predicted molar refractivity (Wildman–Crippen MR) is 103 cm³/mol. The molecule has 134 valence electrons. The second kappa shape index (κ2) is 9.66. The fourth-order valence-corrected chi connectivity index (χ4v) is 2.71. The number of carbonyl (C=O) groups is 1. The zero-order chi connectivity index (χ0) is 16.8. The van der Waals surface area contributed by atoms with Gasteiger partial charge in [-0.3, -0.25) is 4.79 Å². The number of amides is 1. The normalized spacial score (nSPS) is 13.5. The lowest BCUT2D eigenvalue weighted by Gasteiger charge is -2.27. The van der Waals surface area contributed by atoms with Gasteiger partial charge in [0.15, 0.2) is 0 Å². The van der Waals surface area contributed by atoms with E-state index in [1.807, 2.05) is 48.5 Å². The molecule has 1 saturated heterocycles. The molecule has 1 fully saturated rings. The van der Waals surface area contributed by atoms with Gasteiger partial charge in [-0.25, -0.2) is 0 Å². The van der Waals surface area contributed by atoms with Gasteiger partial charge < -0.3 is 15.4 Å². The zero-order valence-corrected chi connectivity index (χ0v) is 15.4. The van der Waals surface area contributed by atoms with Gasteiger partial charge in [0.1, 0.15) is 12.4 Å². The van der Waals surface area contributed by atoms with Crippen LogP contribution in [0.5, 0.6) is 5.75 Å². The van der Waals surface area contributed by atoms with Crippen LogP contribution in [0.1, 0.15) is 11.1 Å². The molecule has 0 atom stereocenters. The van der Waals surface area contributed by atoms with E-state index in [1.165, 1.54) is 0 Å². The van der Waals surface area contributed by atoms with E-state index in [0.717, 1.165) is 36.5 Å². The number of rotatable bonds is 7. The lowest BCUT2D eigenvalue weighted by atomic mass is 10.0. The average Bonchev–Trinajstić information content (AvgIpc) is 2.53. The van der Waals surface area contributed by atoms with Gasteiger partial charge in [0.2, 0.25) is 5.91 Å². The minimum atomic E-state index is 0. The molecule has 6 heteroatoms. The van der Waals surface area contributed by atoms with Crippen molar-refractivity contribution in [2.75, 3.05) is 19.6 Å². The number of hydrogen-bond acceptors (Lipinski definition) is 3. The largest absolute Gasteiger partial charge is 0.489 e. The zero-order valence-electron chi connectivity index (χ0n) is 13.8. The van der Waals surface area contributed by atoms with Gasteiger partial charge in [0.25, 0.3) is 0 Å². The van der Waals surface area contributed by atoms with Gasteiger partial charge in [0.05, 0.1) is 6.42 Å². The molecule has 0 bridgehead atoms. The molecule has 0 aromatic heterocycles. The van der Waals surface area contributed by atoms with Crippen molar-refractivity contribution in [3.8, 4) is 5.75 Å². The van der Waals surface area contributed by atoms with Crippen LogP contribution in [-0.2, 0) is 17.8 Å². The molecule has 2 aromatic carbocycles. The van der Waals surface area contributed by atoms with Crippen LogP contribution in [0, 0.1) is 5.92 Å². The Kier molecular flexibility index (Phi) is 7.56. The molecule has 1 amide bonds. The second-order valence-corrected chi connectivity index (χ2v) is 6.44. The highest BCUT2D eigenvalue weighted by molar-refractivity contribution is 6.31. The summed E-state index contributed by atoms with van der Waals surface area (Å²) in [6.07, 6.45) is 0.365. The van der Waals surface area contributed by atoms with E-state index >= 15 is 0 Å². The Morgan fingerprint density at radius 1 is 1.20 bits per heavy atom. The SMILES string of the molecule is Cl.O=C(Cc1cccc(OCc2ccccc2Cl)c1)NCC1CNC1. The maximum Gasteiger partial charge on any atom is 0.224 e. The van der Waals surface area contributed by atoms with Crippen LogP contribution in [0.2, 0.25) is 5.02 Å². The molecule has 4 nitrogen and oxygen atoms in total. The Morgan fingerprint density at radius 3 is 2.72 bits per heavy atom. The van der Waals surface area contributed by atoms with Gasteiger partial charge in [0, 0.05) is 36.1 Å². The molecule has 0 spiro atoms. The Morgan fingerprint density at radius 2 is 2.00 bits per heavy atom. The van der Waals surface area contributed by atoms with Gasteiger partial charge in [-0.2, -0.15) is 0 Å². The summed E-state index contributed by atoms with van der Waals surface area (Å²) >= 11 is 6.13. The third-order valence-corrected chi connectivity index (χ3v) is 4.44. The lowest BCUT2D eigenvalue weighted by Crippen LogP contribution is -2.48. The van der Waals surface area contributed by atoms with Crippen LogP contribution in [-0.4, -0.2) is 25.5 Å². The third kappa shape index (κ3) is 5.92. The second-order valence-electron chi connectivity index (χ2n) is 6.03. The summed E-state index contributed by atoms with van der Waals surface area (Å²) in [6, 6.07) is 15.2. The van der Waals surface area contributed by atoms with Gasteiger partial charge >= 0.3 is 0 Å². The molecule has 1 aliphatic rings. The molecule has 2 aromatic rings. The van der Waals surface area contributed by atoms with Crippen molar-refractivity contribution in [1.82, 2.24) is 10.6 Å². The molecule has 2 N–H and O–H groups in total. The van der Waals surface area contributed by atoms with Gasteiger partial charge in [-0.15, -0.1) is 12.4 Å². The molecule has 0 saturated carbocycles. The first-order valence-electron chi connectivity index (χ1n) is 8.13. The van der Waals surface area contributed by atoms with Gasteiger partial charge in [-0.05, 0) is 23.8 Å². The highest BCUT2D eigenvalue weighted by Gasteiger charge is 2.17. The molecule has 3 rings (SSSR count). The van der Waals surface area contributed by atoms with Crippen LogP contribution in [0.25, 0.3) is 0 Å². The summed E-state index contributed by atoms with van der Waals surface area (Å²) in [5.41, 5.74) is 1.88. The molecule has 1 aliphatic heterocycles. The first-order valence-corrected chi connectivity index (χ1v) is 8.51. The number of nitrogens with one attached hydrogen (secondary N) is 2. The van der Waals surface area contributed by atoms with E-state index in [-0.39, 0.29) is 18.3 Å². The van der Waals surface area contributed by atoms with Crippen LogP contribution >= 0.6 is 24.0 Å². The van der Waals surface area contributed by atoms with Crippen molar-refractivity contribution in [2.45, 2.75) is 13.0 Å². The molecule has 25 heavy (non-hydrogen) atoms. The predicted octanol–water partition coefficient (Wildman–Crippen LogP) is 3.22. The molecule has 0 unspecified atom stereocenters. The first-order chi connectivity index (χ1) is 11.7. The third-order valence-electron chi connectivity index (χ3n) is 4.07. The highest BCUT2D eigenvalue weighted by Crippen LogP contribution is 2.19. The molecule has 1 heterocycles. The van der Waals surface area contributed by atoms with Crippen LogP contribution in [0.4, 0.5) is 0 Å². The lowest BCUT2D eigenvalue weighted by molar-refractivity contribution is -0.120. The Labute approximate surface area is 159 Å². The Hall–Kier alpha value is -1.75. The fraction of sp³-hybridized carbons (Fsp3) is 0.316. The highest BCUT2D eigenvalue weighted by atomic mass is 35.5. The van der Waals surface area contributed by atoms with Crippen molar-refractivity contribution in [3.63, 3.8) is 0 Å². The Balaban J connectivity index is 0.00000225. The minimum absolute atomic E-state index is 0. The summed E-state index contributed by atoms with van der Waals surface area (Å²) in [6.45, 7) is 3.13. The summed E-state index contributed by atoms with van der Waals surface area (Å²) in [7, 11) is 0. The molecular formula is C19H22Cl2N2O2. The number of ether oxygens (including phenoxy) is 1. The van der Waals surface area contributed by atoms with Crippen LogP contribution < -0.4 is 15.4 Å². The number of hydrogen-bond donors (Lipinski definition) is 2. The van der Waals surface area contributed by atoms with Crippen molar-refractivity contribution >= 4 is 29.9 Å². The summed E-state index contributed by atoms with van der Waals surface area (Å²) in [5.74, 6) is 1.35. The van der Waals surface area contributed by atoms with Crippen LogP contribution in [0.3, 0.4) is 0 Å². The number of carbonyl (C=O) groups excluding carboxylic acids is 1. The van der Waals surface area contributed by atoms with E-state index in [2.05, 4.69) is 10.6 Å². The maximum absolute atomic E-state index is 12.0. The smallest absolute Gasteiger partial charge is 0.224 e. The standard InChI is InChI=1S/C19H21ClN2O2.ClH/c20-18-7-2-1-5-16(18)13-24-17-6-3-4-14(8-17)9-19(23)22-12-15-10-21-11-15;/h1-8,15,21H,9-13H2,(H,22,23);1H. The van der Waals surface area contributed by atoms with Gasteiger partial charge in [-0.1, -0.05) is 41.9 Å². The molecule has 0 radical (unpaired) electrons. The van der Waals surface area contributed by atoms with Crippen molar-refractivity contribution in [3.05, 3.63) is 64.7 Å². The Bertz CT molecular complexity index is 705. The fourth-order valence-electron chi connectivity index (χ4n) is 2.52. The summed E-state index contributed by atoms with van der Waals surface area (Å²) < 4.78 is 5.80. The van der Waals surface area contributed by atoms with Crippen LogP contribution in [0.15, 0.2) is 48.5 Å². The molecular weight excluding hydrogens is 359 g/mol. The van der Waals surface area contributed by atoms with E-state index in [4.69, 9.17) is 16.3 Å². The topological polar surface area (TPSA) is 50.4 Å². The van der Waals surface area contributed by atoms with E-state index in [1.54, 1.807) is 0 Å². The van der Waals surface area contributed by atoms with Crippen molar-refractivity contribution < 1.29 is 9.53 Å². The monoisotopic (exact) mass is 380 g/mol. The first kappa shape index (κ1) is 19.6. The minimum Gasteiger partial charge on any atom is -0.489 e. The van der Waals surface area contributed by atoms with E-state index in [0.29, 0.717) is 24.0 Å². The summed E-state index contributed by atoms with van der Waals surface area (Å²) in [4.78, 5) is 12.0. The van der Waals surface area contributed by atoms with E-state index in [9.17, 15) is 4.79 Å². The molecule has 0 aliphatic carbocycles. The number of halogens is 2. The summed E-state index contributed by atoms with van der Waals surface area (Å²) in [5, 5.41) is 6.87. The van der Waals surface area contributed by atoms with Crippen molar-refractivity contribution in [1.29, 1.82) is 0 Å². The maximum atomic E-state index is 12.0. The number of benzene rings is 2.